The first kappa shape index (κ1) is 20.4. The van der Waals surface area contributed by atoms with Gasteiger partial charge in [0.2, 0.25) is 5.90 Å². The van der Waals surface area contributed by atoms with Gasteiger partial charge >= 0.3 is 5.97 Å². The standard InChI is InChI=1S/C22H22INO4/c1-4-10-27-20-17(23)11-15(13-19(20)26-5-2)12-18-22(25)28-21(24-18)16-8-6-14(3)7-9-16/h6-9,11-13H,4-5,10H2,1-3H3/b18-12-. The molecule has 2 aromatic rings. The lowest BCUT2D eigenvalue weighted by Gasteiger charge is -2.14. The highest BCUT2D eigenvalue weighted by atomic mass is 127. The number of halogens is 1. The summed E-state index contributed by atoms with van der Waals surface area (Å²) in [5, 5.41) is 0. The first-order chi connectivity index (χ1) is 13.5. The molecule has 6 heteroatoms. The molecule has 2 aromatic carbocycles. The van der Waals surface area contributed by atoms with Crippen LogP contribution in [-0.4, -0.2) is 25.1 Å². The summed E-state index contributed by atoms with van der Waals surface area (Å²) in [5.74, 6) is 1.24. The Morgan fingerprint density at radius 1 is 1.14 bits per heavy atom. The van der Waals surface area contributed by atoms with Crippen LogP contribution in [0, 0.1) is 10.5 Å². The molecule has 0 aliphatic carbocycles. The molecule has 28 heavy (non-hydrogen) atoms. The van der Waals surface area contributed by atoms with Crippen LogP contribution in [0.1, 0.15) is 37.0 Å². The minimum atomic E-state index is -0.463. The zero-order valence-corrected chi connectivity index (χ0v) is 18.3. The van der Waals surface area contributed by atoms with Crippen LogP contribution in [0.25, 0.3) is 6.08 Å². The largest absolute Gasteiger partial charge is 0.490 e. The smallest absolute Gasteiger partial charge is 0.363 e. The molecule has 146 valence electrons. The molecule has 0 N–H and O–H groups in total. The van der Waals surface area contributed by atoms with Crippen molar-refractivity contribution in [1.29, 1.82) is 0 Å². The van der Waals surface area contributed by atoms with Gasteiger partial charge in [-0.05, 0) is 78.8 Å². The lowest BCUT2D eigenvalue weighted by molar-refractivity contribution is -0.129. The molecule has 0 unspecified atom stereocenters. The van der Waals surface area contributed by atoms with Crippen LogP contribution in [0.3, 0.4) is 0 Å². The Labute approximate surface area is 178 Å². The van der Waals surface area contributed by atoms with Gasteiger partial charge in [0, 0.05) is 5.56 Å². The van der Waals surface area contributed by atoms with Crippen LogP contribution in [0.5, 0.6) is 11.5 Å². The van der Waals surface area contributed by atoms with Crippen LogP contribution < -0.4 is 9.47 Å². The molecule has 0 spiro atoms. The first-order valence-corrected chi connectivity index (χ1v) is 10.3. The third-order valence-electron chi connectivity index (χ3n) is 4.00. The van der Waals surface area contributed by atoms with E-state index in [0.29, 0.717) is 24.9 Å². The Bertz CT molecular complexity index is 932. The molecule has 1 aliphatic heterocycles. The van der Waals surface area contributed by atoms with E-state index in [4.69, 9.17) is 14.2 Å². The lowest BCUT2D eigenvalue weighted by atomic mass is 10.1. The Kier molecular flexibility index (Phi) is 6.72. The highest BCUT2D eigenvalue weighted by molar-refractivity contribution is 14.1. The van der Waals surface area contributed by atoms with E-state index in [-0.39, 0.29) is 5.70 Å². The maximum absolute atomic E-state index is 12.3. The summed E-state index contributed by atoms with van der Waals surface area (Å²) < 4.78 is 17.8. The quantitative estimate of drug-likeness (QED) is 0.306. The van der Waals surface area contributed by atoms with Crippen molar-refractivity contribution in [3.63, 3.8) is 0 Å². The highest BCUT2D eigenvalue weighted by Crippen LogP contribution is 2.35. The summed E-state index contributed by atoms with van der Waals surface area (Å²) in [5.41, 5.74) is 2.97. The van der Waals surface area contributed by atoms with E-state index < -0.39 is 5.97 Å². The van der Waals surface area contributed by atoms with Crippen LogP contribution in [0.15, 0.2) is 47.1 Å². The Hall–Kier alpha value is -2.35. The van der Waals surface area contributed by atoms with Crippen molar-refractivity contribution in [2.24, 2.45) is 4.99 Å². The summed E-state index contributed by atoms with van der Waals surface area (Å²) in [6.45, 7) is 7.13. The Morgan fingerprint density at radius 2 is 1.89 bits per heavy atom. The molecule has 0 bridgehead atoms. The molecule has 5 nitrogen and oxygen atoms in total. The maximum atomic E-state index is 12.3. The van der Waals surface area contributed by atoms with Gasteiger partial charge in [0.15, 0.2) is 17.2 Å². The summed E-state index contributed by atoms with van der Waals surface area (Å²) in [6.07, 6.45) is 2.62. The van der Waals surface area contributed by atoms with Crippen LogP contribution in [0.4, 0.5) is 0 Å². The average molecular weight is 491 g/mol. The van der Waals surface area contributed by atoms with Crippen molar-refractivity contribution in [2.45, 2.75) is 27.2 Å². The molecule has 0 saturated carbocycles. The number of hydrogen-bond donors (Lipinski definition) is 0. The van der Waals surface area contributed by atoms with Crippen molar-refractivity contribution in [3.8, 4) is 11.5 Å². The Balaban J connectivity index is 1.93. The minimum Gasteiger partial charge on any atom is -0.490 e. The molecule has 0 radical (unpaired) electrons. The van der Waals surface area contributed by atoms with Gasteiger partial charge in [-0.1, -0.05) is 24.6 Å². The molecule has 0 amide bonds. The third-order valence-corrected chi connectivity index (χ3v) is 4.81. The molecule has 0 aromatic heterocycles. The summed E-state index contributed by atoms with van der Waals surface area (Å²) in [6, 6.07) is 11.5. The summed E-state index contributed by atoms with van der Waals surface area (Å²) >= 11 is 2.21. The fourth-order valence-electron chi connectivity index (χ4n) is 2.67. The number of carbonyl (C=O) groups excluding carboxylic acids is 1. The number of ether oxygens (including phenoxy) is 3. The van der Waals surface area contributed by atoms with Crippen molar-refractivity contribution in [1.82, 2.24) is 0 Å². The van der Waals surface area contributed by atoms with E-state index in [1.54, 1.807) is 6.08 Å². The van der Waals surface area contributed by atoms with E-state index >= 15 is 0 Å². The fraction of sp³-hybridized carbons (Fsp3) is 0.273. The van der Waals surface area contributed by atoms with Crippen LogP contribution in [0.2, 0.25) is 0 Å². The third kappa shape index (κ3) is 4.73. The van der Waals surface area contributed by atoms with E-state index in [9.17, 15) is 4.79 Å². The van der Waals surface area contributed by atoms with Crippen molar-refractivity contribution < 1.29 is 19.0 Å². The number of nitrogens with zero attached hydrogens (tertiary/aromatic N) is 1. The monoisotopic (exact) mass is 491 g/mol. The predicted octanol–water partition coefficient (Wildman–Crippen LogP) is 5.13. The van der Waals surface area contributed by atoms with Gasteiger partial charge in [0.25, 0.3) is 0 Å². The minimum absolute atomic E-state index is 0.260. The van der Waals surface area contributed by atoms with Gasteiger partial charge in [0.1, 0.15) is 0 Å². The predicted molar refractivity (Wildman–Crippen MR) is 118 cm³/mol. The van der Waals surface area contributed by atoms with Crippen LogP contribution in [-0.2, 0) is 9.53 Å². The number of rotatable bonds is 7. The van der Waals surface area contributed by atoms with Gasteiger partial charge in [0.05, 0.1) is 16.8 Å². The summed E-state index contributed by atoms with van der Waals surface area (Å²) in [7, 11) is 0. The summed E-state index contributed by atoms with van der Waals surface area (Å²) in [4.78, 5) is 16.6. The van der Waals surface area contributed by atoms with E-state index in [2.05, 4.69) is 34.5 Å². The van der Waals surface area contributed by atoms with Gasteiger partial charge in [-0.15, -0.1) is 0 Å². The average Bonchev–Trinajstić information content (AvgIpc) is 3.02. The SMILES string of the molecule is CCCOc1c(I)cc(/C=C2\N=C(c3ccc(C)cc3)OC2=O)cc1OCC. The number of cyclic esters (lactones) is 1. The molecule has 1 aliphatic rings. The molecular weight excluding hydrogens is 469 g/mol. The second-order valence-electron chi connectivity index (χ2n) is 6.31. The molecule has 0 atom stereocenters. The number of esters is 1. The molecule has 1 heterocycles. The maximum Gasteiger partial charge on any atom is 0.363 e. The van der Waals surface area contributed by atoms with Crippen LogP contribution >= 0.6 is 22.6 Å². The molecule has 3 rings (SSSR count). The zero-order chi connectivity index (χ0) is 20.1. The number of carbonyl (C=O) groups is 1. The second-order valence-corrected chi connectivity index (χ2v) is 7.48. The van der Waals surface area contributed by atoms with Crippen molar-refractivity contribution in [3.05, 3.63) is 62.4 Å². The molecular formula is C22H22INO4. The number of aryl methyl sites for hydroxylation is 1. The fourth-order valence-corrected chi connectivity index (χ4v) is 3.45. The lowest BCUT2D eigenvalue weighted by Crippen LogP contribution is -2.05. The van der Waals surface area contributed by atoms with E-state index in [1.807, 2.05) is 50.2 Å². The van der Waals surface area contributed by atoms with E-state index in [0.717, 1.165) is 32.4 Å². The van der Waals surface area contributed by atoms with Crippen molar-refractivity contribution >= 4 is 40.5 Å². The van der Waals surface area contributed by atoms with Gasteiger partial charge in [-0.2, -0.15) is 0 Å². The molecule has 0 fully saturated rings. The first-order valence-electron chi connectivity index (χ1n) is 9.20. The Morgan fingerprint density at radius 3 is 2.57 bits per heavy atom. The van der Waals surface area contributed by atoms with Gasteiger partial charge in [-0.25, -0.2) is 9.79 Å². The number of benzene rings is 2. The highest BCUT2D eigenvalue weighted by Gasteiger charge is 2.24. The van der Waals surface area contributed by atoms with E-state index in [1.165, 1.54) is 0 Å². The second kappa shape index (κ2) is 9.23. The van der Waals surface area contributed by atoms with Crippen molar-refractivity contribution in [2.75, 3.05) is 13.2 Å². The normalized spacial score (nSPS) is 14.8. The van der Waals surface area contributed by atoms with Gasteiger partial charge in [-0.3, -0.25) is 0 Å². The van der Waals surface area contributed by atoms with Gasteiger partial charge < -0.3 is 14.2 Å². The zero-order valence-electron chi connectivity index (χ0n) is 16.1. The molecule has 0 saturated heterocycles. The number of hydrogen-bond acceptors (Lipinski definition) is 5. The topological polar surface area (TPSA) is 57.1 Å². The number of aliphatic imine (C=N–C) groups is 1.